The largest absolute Gasteiger partial charge is 0.381 e. The zero-order chi connectivity index (χ0) is 25.4. The molecule has 2 amide bonds. The van der Waals surface area contributed by atoms with Crippen molar-refractivity contribution in [3.05, 3.63) is 18.0 Å². The Morgan fingerprint density at radius 3 is 2.27 bits per heavy atom. The summed E-state index contributed by atoms with van der Waals surface area (Å²) >= 11 is 0. The van der Waals surface area contributed by atoms with Crippen LogP contribution in [0.3, 0.4) is 0 Å². The van der Waals surface area contributed by atoms with E-state index in [4.69, 9.17) is 9.57 Å². The van der Waals surface area contributed by atoms with Crippen LogP contribution in [0.15, 0.2) is 17.5 Å². The first-order valence-corrected chi connectivity index (χ1v) is 13.6. The van der Waals surface area contributed by atoms with Gasteiger partial charge in [0, 0.05) is 49.6 Å². The van der Waals surface area contributed by atoms with E-state index in [-0.39, 0.29) is 24.5 Å². The van der Waals surface area contributed by atoms with Gasteiger partial charge in [0.15, 0.2) is 5.65 Å². The number of amides is 2. The number of hydrogen-bond acceptors (Lipinski definition) is 8. The lowest BCUT2D eigenvalue weighted by atomic mass is 9.87. The fourth-order valence-electron chi connectivity index (χ4n) is 5.31. The molecule has 198 valence electrons. The summed E-state index contributed by atoms with van der Waals surface area (Å²) in [6.45, 7) is 4.12. The topological polar surface area (TPSA) is 132 Å². The van der Waals surface area contributed by atoms with Crippen molar-refractivity contribution in [2.24, 2.45) is 5.16 Å². The minimum Gasteiger partial charge on any atom is -0.381 e. The molecule has 0 aromatic carbocycles. The van der Waals surface area contributed by atoms with E-state index >= 15 is 0 Å². The van der Waals surface area contributed by atoms with Crippen molar-refractivity contribution >= 4 is 34.2 Å². The van der Waals surface area contributed by atoms with Gasteiger partial charge in [-0.15, -0.1) is 0 Å². The number of carbonyl (C=O) groups excluding carboxylic acids is 2. The molecule has 3 fully saturated rings. The molecule has 2 aliphatic heterocycles. The third-order valence-electron chi connectivity index (χ3n) is 8.19. The van der Waals surface area contributed by atoms with Crippen molar-refractivity contribution in [2.45, 2.75) is 95.0 Å². The molecule has 0 unspecified atom stereocenters. The van der Waals surface area contributed by atoms with E-state index in [1.807, 2.05) is 17.8 Å². The molecule has 0 atom stereocenters. The number of ether oxygens (including phenoxy) is 1. The molecule has 1 saturated heterocycles. The van der Waals surface area contributed by atoms with Crippen LogP contribution < -0.4 is 16.0 Å². The number of anilines is 1. The first-order valence-electron chi connectivity index (χ1n) is 13.6. The summed E-state index contributed by atoms with van der Waals surface area (Å²) in [7, 11) is 0. The van der Waals surface area contributed by atoms with Crippen molar-refractivity contribution in [1.29, 1.82) is 0 Å². The minimum atomic E-state index is -1.72. The molecule has 2 saturated carbocycles. The quantitative estimate of drug-likeness (QED) is 0.465. The normalized spacial score (nSPS) is 22.0. The maximum atomic E-state index is 13.5. The van der Waals surface area contributed by atoms with Crippen LogP contribution in [-0.4, -0.2) is 69.2 Å². The monoisotopic (exact) mass is 509 g/mol. The molecule has 0 radical (unpaired) electrons. The minimum absolute atomic E-state index is 0.0433. The number of oxime groups is 1. The van der Waals surface area contributed by atoms with Crippen LogP contribution in [0.25, 0.3) is 11.0 Å². The summed E-state index contributed by atoms with van der Waals surface area (Å²) < 4.78 is 7.40. The highest BCUT2D eigenvalue weighted by Crippen LogP contribution is 2.35. The zero-order valence-corrected chi connectivity index (χ0v) is 21.3. The van der Waals surface area contributed by atoms with E-state index in [2.05, 4.69) is 31.2 Å². The second-order valence-corrected chi connectivity index (χ2v) is 10.6. The van der Waals surface area contributed by atoms with Crippen molar-refractivity contribution in [3.8, 4) is 0 Å². The van der Waals surface area contributed by atoms with E-state index in [1.54, 1.807) is 6.20 Å². The Hall–Kier alpha value is -3.21. The third kappa shape index (κ3) is 4.43. The fraction of sp³-hybridized carbons (Fsp3) is 0.654. The highest BCUT2D eigenvalue weighted by Gasteiger charge is 2.55. The second-order valence-electron chi connectivity index (χ2n) is 10.6. The molecule has 4 aliphatic rings. The van der Waals surface area contributed by atoms with Crippen molar-refractivity contribution < 1.29 is 19.2 Å². The number of carbonyl (C=O) groups is 2. The smallest absolute Gasteiger partial charge is 0.297 e. The van der Waals surface area contributed by atoms with Gasteiger partial charge in [0.25, 0.3) is 17.4 Å². The Bertz CT molecular complexity index is 1180. The predicted octanol–water partition coefficient (Wildman–Crippen LogP) is 2.24. The first kappa shape index (κ1) is 24.1. The molecule has 2 aromatic rings. The number of aromatic nitrogens is 3. The van der Waals surface area contributed by atoms with Crippen molar-refractivity contribution in [2.75, 3.05) is 18.5 Å². The number of nitrogens with zero attached hydrogens (tertiary/aromatic N) is 4. The lowest BCUT2D eigenvalue weighted by molar-refractivity contribution is -0.159. The molecular formula is C26H35N7O4. The van der Waals surface area contributed by atoms with Gasteiger partial charge in [-0.25, -0.2) is 9.67 Å². The standard InChI is InChI=1S/C26H35N7O4/c1-2-33-23-20(15-28-33)22(29-18-9-11-36-12-10-18)19(14-27-23)21-13-26(37-32-21,24(34)30-16-5-3-6-16)25(35)31-17-7-4-8-17/h14-18H,2-13H2,1H3,(H,27,29)(H,30,34)(H,31,35). The Balaban J connectivity index is 1.33. The van der Waals surface area contributed by atoms with Crippen LogP contribution in [0.2, 0.25) is 0 Å². The van der Waals surface area contributed by atoms with Gasteiger partial charge in [-0.2, -0.15) is 5.10 Å². The molecular weight excluding hydrogens is 474 g/mol. The molecule has 11 heteroatoms. The summed E-state index contributed by atoms with van der Waals surface area (Å²) in [6.07, 6.45) is 11.2. The average molecular weight is 510 g/mol. The molecule has 6 rings (SSSR count). The number of fused-ring (bicyclic) bond motifs is 1. The van der Waals surface area contributed by atoms with E-state index in [0.29, 0.717) is 25.5 Å². The maximum absolute atomic E-state index is 13.5. The van der Waals surface area contributed by atoms with Gasteiger partial charge < -0.3 is 25.5 Å². The summed E-state index contributed by atoms with van der Waals surface area (Å²) in [6, 6.07) is 0.383. The summed E-state index contributed by atoms with van der Waals surface area (Å²) in [5.41, 5.74) is 1.16. The molecule has 37 heavy (non-hydrogen) atoms. The van der Waals surface area contributed by atoms with Gasteiger partial charge in [-0.1, -0.05) is 5.16 Å². The Morgan fingerprint density at radius 1 is 1.00 bits per heavy atom. The molecule has 2 aliphatic carbocycles. The molecule has 3 N–H and O–H groups in total. The summed E-state index contributed by atoms with van der Waals surface area (Å²) in [5.74, 6) is -0.834. The summed E-state index contributed by atoms with van der Waals surface area (Å²) in [5, 5.41) is 19.5. The van der Waals surface area contributed by atoms with Gasteiger partial charge in [0.05, 0.1) is 29.4 Å². The third-order valence-corrected chi connectivity index (χ3v) is 8.19. The van der Waals surface area contributed by atoms with Gasteiger partial charge in [-0.05, 0) is 58.3 Å². The summed E-state index contributed by atoms with van der Waals surface area (Å²) in [4.78, 5) is 37.5. The fourth-order valence-corrected chi connectivity index (χ4v) is 5.31. The predicted molar refractivity (Wildman–Crippen MR) is 137 cm³/mol. The highest BCUT2D eigenvalue weighted by atomic mass is 16.7. The van der Waals surface area contributed by atoms with Crippen molar-refractivity contribution in [1.82, 2.24) is 25.4 Å². The van der Waals surface area contributed by atoms with Crippen LogP contribution in [0.1, 0.15) is 70.3 Å². The van der Waals surface area contributed by atoms with Gasteiger partial charge >= 0.3 is 0 Å². The van der Waals surface area contributed by atoms with Gasteiger partial charge in [-0.3, -0.25) is 9.59 Å². The van der Waals surface area contributed by atoms with Crippen LogP contribution in [0.4, 0.5) is 5.69 Å². The average Bonchev–Trinajstić information content (AvgIpc) is 3.50. The number of hydrogen-bond donors (Lipinski definition) is 3. The molecule has 0 bridgehead atoms. The van der Waals surface area contributed by atoms with Crippen LogP contribution >= 0.6 is 0 Å². The van der Waals surface area contributed by atoms with Crippen molar-refractivity contribution in [3.63, 3.8) is 0 Å². The second kappa shape index (κ2) is 9.92. The van der Waals surface area contributed by atoms with E-state index < -0.39 is 17.4 Å². The molecule has 4 heterocycles. The first-order chi connectivity index (χ1) is 18.1. The van der Waals surface area contributed by atoms with E-state index in [0.717, 1.165) is 73.7 Å². The number of pyridine rings is 1. The Morgan fingerprint density at radius 2 is 1.68 bits per heavy atom. The van der Waals surface area contributed by atoms with E-state index in [9.17, 15) is 9.59 Å². The molecule has 11 nitrogen and oxygen atoms in total. The van der Waals surface area contributed by atoms with Gasteiger partial charge in [0.1, 0.15) is 0 Å². The van der Waals surface area contributed by atoms with Crippen LogP contribution in [-0.2, 0) is 25.7 Å². The van der Waals surface area contributed by atoms with Crippen LogP contribution in [0.5, 0.6) is 0 Å². The SMILES string of the molecule is CCn1ncc2c(NC3CCOCC3)c(C3=NOC(C(=O)NC4CCC4)(C(=O)NC4CCC4)C3)cnc21. The Kier molecular flexibility index (Phi) is 6.48. The number of rotatable bonds is 8. The van der Waals surface area contributed by atoms with E-state index in [1.165, 1.54) is 0 Å². The van der Waals surface area contributed by atoms with Gasteiger partial charge in [0.2, 0.25) is 0 Å². The Labute approximate surface area is 215 Å². The highest BCUT2D eigenvalue weighted by molar-refractivity contribution is 6.18. The lowest BCUT2D eigenvalue weighted by Crippen LogP contribution is -2.61. The number of nitrogens with one attached hydrogen (secondary N) is 3. The lowest BCUT2D eigenvalue weighted by Gasteiger charge is -2.34. The molecule has 2 aromatic heterocycles. The maximum Gasteiger partial charge on any atom is 0.297 e. The van der Waals surface area contributed by atoms with Crippen LogP contribution in [0, 0.1) is 0 Å². The zero-order valence-electron chi connectivity index (χ0n) is 21.3. The number of aryl methyl sites for hydroxylation is 1. The molecule has 0 spiro atoms.